The molecule has 1 aromatic carbocycles. The highest BCUT2D eigenvalue weighted by Crippen LogP contribution is 2.35. The number of hydrogen-bond acceptors (Lipinski definition) is 4. The van der Waals surface area contributed by atoms with Crippen LogP contribution in [0.3, 0.4) is 0 Å². The maximum atomic E-state index is 13.3. The van der Waals surface area contributed by atoms with Crippen LogP contribution < -0.4 is 4.31 Å². The summed E-state index contributed by atoms with van der Waals surface area (Å²) < 4.78 is 28.0. The fraction of sp³-hybridized carbons (Fsp3) is 0.278. The van der Waals surface area contributed by atoms with E-state index in [0.717, 1.165) is 26.7 Å². The Hall–Kier alpha value is -2.12. The molecule has 5 nitrogen and oxygen atoms in total. The second-order valence-electron chi connectivity index (χ2n) is 5.98. The van der Waals surface area contributed by atoms with Crippen molar-refractivity contribution in [3.05, 3.63) is 52.5 Å². The summed E-state index contributed by atoms with van der Waals surface area (Å²) in [5.41, 5.74) is 3.43. The third-order valence-corrected chi connectivity index (χ3v) is 7.21. The van der Waals surface area contributed by atoms with Crippen LogP contribution in [0.4, 0.5) is 5.69 Å². The molecule has 132 valence electrons. The monoisotopic (exact) mass is 375 g/mol. The van der Waals surface area contributed by atoms with Crippen LogP contribution in [0, 0.1) is 20.8 Å². The van der Waals surface area contributed by atoms with Crippen LogP contribution in [0.2, 0.25) is 0 Å². The van der Waals surface area contributed by atoms with Gasteiger partial charge in [0, 0.05) is 17.1 Å². The van der Waals surface area contributed by atoms with Crippen LogP contribution in [0.1, 0.15) is 23.1 Å². The summed E-state index contributed by atoms with van der Waals surface area (Å²) >= 11 is 1.45. The van der Waals surface area contributed by atoms with Crippen LogP contribution in [0.5, 0.6) is 0 Å². The molecule has 0 bridgehead atoms. The maximum Gasteiger partial charge on any atom is 0.265 e. The summed E-state index contributed by atoms with van der Waals surface area (Å²) in [6.45, 7) is 7.94. The van der Waals surface area contributed by atoms with E-state index in [4.69, 9.17) is 0 Å². The number of rotatable bonds is 5. The normalized spacial score (nSPS) is 11.7. The summed E-state index contributed by atoms with van der Waals surface area (Å²) in [4.78, 5) is 1.96. The number of thiophene rings is 1. The van der Waals surface area contributed by atoms with Crippen LogP contribution in [-0.4, -0.2) is 25.2 Å². The van der Waals surface area contributed by atoms with Crippen molar-refractivity contribution in [3.63, 3.8) is 0 Å². The predicted octanol–water partition coefficient (Wildman–Crippen LogP) is 4.28. The lowest BCUT2D eigenvalue weighted by molar-refractivity contribution is 0.592. The number of benzene rings is 1. The standard InChI is InChI=1S/C18H21N3O2S2/c1-5-21(15-8-6-7-12(2)9-15)25(22,23)18-11-17(24-14(18)4)16-10-13(3)19-20-16/h6-11H,5H2,1-4H3,(H,19,20). The Balaban J connectivity index is 2.06. The van der Waals surface area contributed by atoms with Gasteiger partial charge in [0.2, 0.25) is 0 Å². The molecule has 0 spiro atoms. The number of nitrogens with zero attached hydrogens (tertiary/aromatic N) is 2. The highest BCUT2D eigenvalue weighted by atomic mass is 32.2. The summed E-state index contributed by atoms with van der Waals surface area (Å²) in [6, 6.07) is 11.2. The minimum absolute atomic E-state index is 0.344. The summed E-state index contributed by atoms with van der Waals surface area (Å²) in [5.74, 6) is 0. The zero-order valence-corrected chi connectivity index (χ0v) is 16.3. The van der Waals surface area contributed by atoms with Gasteiger partial charge in [0.25, 0.3) is 10.0 Å². The van der Waals surface area contributed by atoms with Crippen molar-refractivity contribution in [2.24, 2.45) is 0 Å². The van der Waals surface area contributed by atoms with Crippen molar-refractivity contribution >= 4 is 27.0 Å². The van der Waals surface area contributed by atoms with Crippen LogP contribution in [0.25, 0.3) is 10.6 Å². The zero-order valence-electron chi connectivity index (χ0n) is 14.7. The average Bonchev–Trinajstić information content (AvgIpc) is 3.14. The number of aromatic amines is 1. The number of H-pyrrole nitrogens is 1. The van der Waals surface area contributed by atoms with E-state index in [1.165, 1.54) is 15.6 Å². The molecule has 0 atom stereocenters. The topological polar surface area (TPSA) is 66.1 Å². The van der Waals surface area contributed by atoms with E-state index in [0.29, 0.717) is 17.1 Å². The first kappa shape index (κ1) is 17.7. The Labute approximate surface area is 152 Å². The molecule has 0 unspecified atom stereocenters. The maximum absolute atomic E-state index is 13.3. The number of aryl methyl sites for hydroxylation is 3. The predicted molar refractivity (Wildman–Crippen MR) is 103 cm³/mol. The Kier molecular flexibility index (Phi) is 4.71. The smallest absolute Gasteiger partial charge is 0.265 e. The van der Waals surface area contributed by atoms with Gasteiger partial charge >= 0.3 is 0 Å². The molecular formula is C18H21N3O2S2. The minimum atomic E-state index is -3.63. The Morgan fingerprint density at radius 1 is 1.16 bits per heavy atom. The second-order valence-corrected chi connectivity index (χ2v) is 9.06. The van der Waals surface area contributed by atoms with Gasteiger partial charge in [0.15, 0.2) is 0 Å². The van der Waals surface area contributed by atoms with Gasteiger partial charge in [-0.15, -0.1) is 11.3 Å². The van der Waals surface area contributed by atoms with Gasteiger partial charge in [-0.05, 0) is 57.5 Å². The summed E-state index contributed by atoms with van der Waals surface area (Å²) in [6.07, 6.45) is 0. The van der Waals surface area contributed by atoms with E-state index in [9.17, 15) is 8.42 Å². The van der Waals surface area contributed by atoms with Crippen molar-refractivity contribution in [3.8, 4) is 10.6 Å². The summed E-state index contributed by atoms with van der Waals surface area (Å²) in [5, 5.41) is 7.13. The molecule has 0 fully saturated rings. The molecule has 0 saturated carbocycles. The first-order valence-corrected chi connectivity index (χ1v) is 10.3. The van der Waals surface area contributed by atoms with Crippen LogP contribution in [0.15, 0.2) is 41.3 Å². The number of hydrogen-bond donors (Lipinski definition) is 1. The first-order valence-electron chi connectivity index (χ1n) is 8.05. The van der Waals surface area contributed by atoms with Crippen LogP contribution >= 0.6 is 11.3 Å². The molecule has 3 aromatic rings. The lowest BCUT2D eigenvalue weighted by Crippen LogP contribution is -2.30. The minimum Gasteiger partial charge on any atom is -0.282 e. The quantitative estimate of drug-likeness (QED) is 0.724. The Morgan fingerprint density at radius 2 is 1.92 bits per heavy atom. The number of sulfonamides is 1. The third kappa shape index (κ3) is 3.34. The van der Waals surface area contributed by atoms with Gasteiger partial charge in [-0.25, -0.2) is 8.42 Å². The van der Waals surface area contributed by atoms with Gasteiger partial charge < -0.3 is 0 Å². The Morgan fingerprint density at radius 3 is 2.52 bits per heavy atom. The number of nitrogens with one attached hydrogen (secondary N) is 1. The lowest BCUT2D eigenvalue weighted by Gasteiger charge is -2.23. The largest absolute Gasteiger partial charge is 0.282 e. The number of anilines is 1. The van der Waals surface area contributed by atoms with E-state index in [2.05, 4.69) is 10.2 Å². The van der Waals surface area contributed by atoms with Gasteiger partial charge in [-0.3, -0.25) is 9.40 Å². The average molecular weight is 376 g/mol. The van der Waals surface area contributed by atoms with Gasteiger partial charge in [-0.2, -0.15) is 5.10 Å². The van der Waals surface area contributed by atoms with E-state index in [1.54, 1.807) is 6.07 Å². The molecule has 1 N–H and O–H groups in total. The molecule has 0 aliphatic carbocycles. The molecule has 0 radical (unpaired) electrons. The van der Waals surface area contributed by atoms with Gasteiger partial charge in [0.05, 0.1) is 10.6 Å². The Bertz CT molecular complexity index is 1000. The molecule has 0 aliphatic rings. The third-order valence-electron chi connectivity index (χ3n) is 3.98. The summed E-state index contributed by atoms with van der Waals surface area (Å²) in [7, 11) is -3.63. The van der Waals surface area contributed by atoms with Gasteiger partial charge in [0.1, 0.15) is 10.6 Å². The van der Waals surface area contributed by atoms with E-state index in [1.807, 2.05) is 58.0 Å². The molecule has 0 saturated heterocycles. The highest BCUT2D eigenvalue weighted by molar-refractivity contribution is 7.93. The second kappa shape index (κ2) is 6.65. The fourth-order valence-corrected chi connectivity index (χ4v) is 5.77. The van der Waals surface area contributed by atoms with Crippen molar-refractivity contribution in [2.75, 3.05) is 10.8 Å². The van der Waals surface area contributed by atoms with E-state index < -0.39 is 10.0 Å². The molecule has 7 heteroatoms. The van der Waals surface area contributed by atoms with E-state index >= 15 is 0 Å². The highest BCUT2D eigenvalue weighted by Gasteiger charge is 2.27. The molecule has 25 heavy (non-hydrogen) atoms. The van der Waals surface area contributed by atoms with E-state index in [-0.39, 0.29) is 0 Å². The fourth-order valence-electron chi connectivity index (χ4n) is 2.79. The zero-order chi connectivity index (χ0) is 18.2. The molecule has 0 amide bonds. The van der Waals surface area contributed by atoms with Crippen molar-refractivity contribution in [2.45, 2.75) is 32.6 Å². The number of aromatic nitrogens is 2. The lowest BCUT2D eigenvalue weighted by atomic mass is 10.2. The SMILES string of the molecule is CCN(c1cccc(C)c1)S(=O)(=O)c1cc(-c2cc(C)[nH]n2)sc1C. The molecule has 3 rings (SSSR count). The molecule has 2 heterocycles. The van der Waals surface area contributed by atoms with Gasteiger partial charge in [-0.1, -0.05) is 12.1 Å². The van der Waals surface area contributed by atoms with Crippen molar-refractivity contribution in [1.29, 1.82) is 0 Å². The molecule has 2 aromatic heterocycles. The molecule has 0 aliphatic heterocycles. The molecular weight excluding hydrogens is 354 g/mol. The van der Waals surface area contributed by atoms with Crippen molar-refractivity contribution < 1.29 is 8.42 Å². The van der Waals surface area contributed by atoms with Crippen molar-refractivity contribution in [1.82, 2.24) is 10.2 Å². The van der Waals surface area contributed by atoms with Crippen LogP contribution in [-0.2, 0) is 10.0 Å². The first-order chi connectivity index (χ1) is 11.8.